The molecule has 0 unspecified atom stereocenters. The largest absolute Gasteiger partial charge is 0.405 e. The Kier molecular flexibility index (Phi) is 4.16. The van der Waals surface area contributed by atoms with Crippen molar-refractivity contribution in [1.29, 1.82) is 0 Å². The van der Waals surface area contributed by atoms with Crippen molar-refractivity contribution in [2.45, 2.75) is 25.1 Å². The van der Waals surface area contributed by atoms with Gasteiger partial charge in [-0.15, -0.1) is 0 Å². The van der Waals surface area contributed by atoms with Gasteiger partial charge >= 0.3 is 6.18 Å². The normalized spacial score (nSPS) is 18.1. The Morgan fingerprint density at radius 3 is 2.92 bits per heavy atom. The number of rotatable bonds is 3. The number of fused-ring (bicyclic) bond motifs is 1. The minimum absolute atomic E-state index is 0.331. The van der Waals surface area contributed by atoms with Crippen LogP contribution in [0, 0.1) is 0 Å². The second-order valence-corrected chi connectivity index (χ2v) is 5.63. The lowest BCUT2D eigenvalue weighted by molar-refractivity contribution is -0.140. The summed E-state index contributed by atoms with van der Waals surface area (Å²) in [7, 11) is 0. The number of hydrogen-bond acceptors (Lipinski definition) is 3. The zero-order chi connectivity index (χ0) is 17.3. The van der Waals surface area contributed by atoms with Crippen LogP contribution in [0.1, 0.15) is 23.2 Å². The highest BCUT2D eigenvalue weighted by molar-refractivity contribution is 6.07. The van der Waals surface area contributed by atoms with Crippen LogP contribution in [0.2, 0.25) is 0 Å². The van der Waals surface area contributed by atoms with Gasteiger partial charge in [0.2, 0.25) is 5.91 Å². The SMILES string of the molecule is O=C(NCC(F)(F)F)[C@@H]1CCCN1C(=O)c1cccc2[nH]ncc12. The van der Waals surface area contributed by atoms with Crippen molar-refractivity contribution in [1.82, 2.24) is 20.4 Å². The Morgan fingerprint density at radius 1 is 1.38 bits per heavy atom. The maximum atomic E-state index is 12.8. The molecule has 1 aliphatic heterocycles. The van der Waals surface area contributed by atoms with Gasteiger partial charge in [0, 0.05) is 11.9 Å². The van der Waals surface area contributed by atoms with Gasteiger partial charge < -0.3 is 10.2 Å². The Balaban J connectivity index is 1.79. The van der Waals surface area contributed by atoms with Crippen molar-refractivity contribution in [2.75, 3.05) is 13.1 Å². The number of carbonyl (C=O) groups is 2. The van der Waals surface area contributed by atoms with E-state index in [4.69, 9.17) is 0 Å². The summed E-state index contributed by atoms with van der Waals surface area (Å²) >= 11 is 0. The molecule has 1 atom stereocenters. The number of nitrogens with one attached hydrogen (secondary N) is 2. The summed E-state index contributed by atoms with van der Waals surface area (Å²) in [5, 5.41) is 9.10. The Labute approximate surface area is 135 Å². The van der Waals surface area contributed by atoms with E-state index in [-0.39, 0.29) is 5.91 Å². The van der Waals surface area contributed by atoms with E-state index in [1.165, 1.54) is 11.1 Å². The number of benzene rings is 1. The fraction of sp³-hybridized carbons (Fsp3) is 0.400. The second-order valence-electron chi connectivity index (χ2n) is 5.63. The van der Waals surface area contributed by atoms with Gasteiger partial charge in [0.05, 0.1) is 17.3 Å². The molecule has 128 valence electrons. The van der Waals surface area contributed by atoms with Crippen LogP contribution in [0.25, 0.3) is 10.9 Å². The van der Waals surface area contributed by atoms with Crippen molar-refractivity contribution < 1.29 is 22.8 Å². The zero-order valence-corrected chi connectivity index (χ0v) is 12.6. The summed E-state index contributed by atoms with van der Waals surface area (Å²) in [6.45, 7) is -1.07. The summed E-state index contributed by atoms with van der Waals surface area (Å²) in [5.41, 5.74) is 1.05. The standard InChI is InChI=1S/C15H15F3N4O2/c16-15(17,18)8-19-13(23)12-5-2-6-22(12)14(24)9-3-1-4-11-10(9)7-20-21-11/h1,3-4,7,12H,2,5-6,8H2,(H,19,23)(H,20,21)/t12-/m0/s1. The van der Waals surface area contributed by atoms with E-state index in [1.54, 1.807) is 18.2 Å². The quantitative estimate of drug-likeness (QED) is 0.895. The van der Waals surface area contributed by atoms with Gasteiger partial charge in [-0.3, -0.25) is 14.7 Å². The molecule has 0 bridgehead atoms. The van der Waals surface area contributed by atoms with Crippen LogP contribution in [0.5, 0.6) is 0 Å². The van der Waals surface area contributed by atoms with Crippen LogP contribution in [0.15, 0.2) is 24.4 Å². The van der Waals surface area contributed by atoms with E-state index < -0.39 is 24.7 Å². The fourth-order valence-corrected chi connectivity index (χ4v) is 2.90. The number of likely N-dealkylation sites (tertiary alicyclic amines) is 1. The highest BCUT2D eigenvalue weighted by Crippen LogP contribution is 2.24. The number of H-pyrrole nitrogens is 1. The van der Waals surface area contributed by atoms with Gasteiger partial charge in [-0.2, -0.15) is 18.3 Å². The summed E-state index contributed by atoms with van der Waals surface area (Å²) < 4.78 is 36.8. The van der Waals surface area contributed by atoms with E-state index in [0.717, 1.165) is 0 Å². The molecule has 1 aliphatic rings. The van der Waals surface area contributed by atoms with Crippen LogP contribution < -0.4 is 5.32 Å². The van der Waals surface area contributed by atoms with Crippen molar-refractivity contribution in [3.05, 3.63) is 30.0 Å². The maximum Gasteiger partial charge on any atom is 0.405 e. The molecule has 2 heterocycles. The third-order valence-electron chi connectivity index (χ3n) is 3.99. The van der Waals surface area contributed by atoms with E-state index >= 15 is 0 Å². The van der Waals surface area contributed by atoms with Crippen molar-refractivity contribution in [3.63, 3.8) is 0 Å². The number of hydrogen-bond donors (Lipinski definition) is 2. The van der Waals surface area contributed by atoms with E-state index in [0.29, 0.717) is 35.9 Å². The topological polar surface area (TPSA) is 78.1 Å². The van der Waals surface area contributed by atoms with Crippen LogP contribution in [0.4, 0.5) is 13.2 Å². The van der Waals surface area contributed by atoms with Gasteiger partial charge in [-0.05, 0) is 25.0 Å². The third-order valence-corrected chi connectivity index (χ3v) is 3.99. The molecule has 2 aromatic rings. The first-order valence-electron chi connectivity index (χ1n) is 7.44. The van der Waals surface area contributed by atoms with Crippen LogP contribution in [-0.2, 0) is 4.79 Å². The first-order chi connectivity index (χ1) is 11.4. The molecule has 2 N–H and O–H groups in total. The number of nitrogens with zero attached hydrogens (tertiary/aromatic N) is 2. The molecule has 6 nitrogen and oxygen atoms in total. The number of carbonyl (C=O) groups excluding carboxylic acids is 2. The van der Waals surface area contributed by atoms with Crippen molar-refractivity contribution >= 4 is 22.7 Å². The van der Waals surface area contributed by atoms with Crippen molar-refractivity contribution in [2.24, 2.45) is 0 Å². The van der Waals surface area contributed by atoms with Crippen LogP contribution in [0.3, 0.4) is 0 Å². The lowest BCUT2D eigenvalue weighted by atomic mass is 10.1. The molecule has 1 fully saturated rings. The summed E-state index contributed by atoms with van der Waals surface area (Å²) in [6, 6.07) is 4.17. The average molecular weight is 340 g/mol. The molecule has 0 radical (unpaired) electrons. The average Bonchev–Trinajstić information content (AvgIpc) is 3.19. The van der Waals surface area contributed by atoms with Gasteiger partial charge in [0.25, 0.3) is 5.91 Å². The van der Waals surface area contributed by atoms with Crippen LogP contribution >= 0.6 is 0 Å². The number of alkyl halides is 3. The molecular formula is C15H15F3N4O2. The molecule has 9 heteroatoms. The van der Waals surface area contributed by atoms with Gasteiger partial charge in [0.1, 0.15) is 12.6 Å². The highest BCUT2D eigenvalue weighted by Gasteiger charge is 2.37. The molecule has 1 aromatic heterocycles. The zero-order valence-electron chi connectivity index (χ0n) is 12.6. The maximum absolute atomic E-state index is 12.8. The lowest BCUT2D eigenvalue weighted by Crippen LogP contribution is -2.48. The number of halogens is 3. The second kappa shape index (κ2) is 6.14. The number of aromatic nitrogens is 2. The molecule has 1 aromatic carbocycles. The highest BCUT2D eigenvalue weighted by atomic mass is 19.4. The molecule has 0 aliphatic carbocycles. The first-order valence-corrected chi connectivity index (χ1v) is 7.44. The summed E-state index contributed by atoms with van der Waals surface area (Å²) in [4.78, 5) is 26.1. The lowest BCUT2D eigenvalue weighted by Gasteiger charge is -2.24. The molecule has 3 rings (SSSR count). The predicted molar refractivity (Wildman–Crippen MR) is 79.2 cm³/mol. The van der Waals surface area contributed by atoms with Crippen molar-refractivity contribution in [3.8, 4) is 0 Å². The third kappa shape index (κ3) is 3.19. The molecule has 24 heavy (non-hydrogen) atoms. The number of aromatic amines is 1. The first kappa shape index (κ1) is 16.3. The molecule has 1 saturated heterocycles. The van der Waals surface area contributed by atoms with Gasteiger partial charge in [-0.1, -0.05) is 6.07 Å². The molecule has 2 amide bonds. The monoisotopic (exact) mass is 340 g/mol. The number of amides is 2. The summed E-state index contributed by atoms with van der Waals surface area (Å²) in [6.07, 6.45) is -2.06. The molecule has 0 spiro atoms. The van der Waals surface area contributed by atoms with Gasteiger partial charge in [0.15, 0.2) is 0 Å². The van der Waals surface area contributed by atoms with Crippen LogP contribution in [-0.4, -0.2) is 52.2 Å². The molecular weight excluding hydrogens is 325 g/mol. The smallest absolute Gasteiger partial charge is 0.345 e. The Bertz CT molecular complexity index is 771. The summed E-state index contributed by atoms with van der Waals surface area (Å²) in [5.74, 6) is -1.16. The minimum Gasteiger partial charge on any atom is -0.345 e. The van der Waals surface area contributed by atoms with E-state index in [2.05, 4.69) is 10.2 Å². The minimum atomic E-state index is -4.48. The Hall–Kier alpha value is -2.58. The fourth-order valence-electron chi connectivity index (χ4n) is 2.90. The van der Waals surface area contributed by atoms with E-state index in [9.17, 15) is 22.8 Å². The Morgan fingerprint density at radius 2 is 2.17 bits per heavy atom. The van der Waals surface area contributed by atoms with Gasteiger partial charge in [-0.25, -0.2) is 0 Å². The van der Waals surface area contributed by atoms with E-state index in [1.807, 2.05) is 5.32 Å². The molecule has 0 saturated carbocycles. The predicted octanol–water partition coefficient (Wildman–Crippen LogP) is 1.85.